The predicted molar refractivity (Wildman–Crippen MR) is 89.4 cm³/mol. The van der Waals surface area contributed by atoms with Gasteiger partial charge in [-0.1, -0.05) is 12.1 Å². The summed E-state index contributed by atoms with van der Waals surface area (Å²) in [5.41, 5.74) is 0.921. The summed E-state index contributed by atoms with van der Waals surface area (Å²) in [6, 6.07) is 9.38. The van der Waals surface area contributed by atoms with Gasteiger partial charge in [0.25, 0.3) is 5.56 Å². The second-order valence-corrected chi connectivity index (χ2v) is 5.90. The molecule has 2 aromatic rings. The Morgan fingerprint density at radius 3 is 2.96 bits per heavy atom. The average Bonchev–Trinajstić information content (AvgIpc) is 2.54. The zero-order chi connectivity index (χ0) is 16.9. The molecule has 1 unspecified atom stereocenters. The second kappa shape index (κ2) is 7.46. The van der Waals surface area contributed by atoms with E-state index in [-0.39, 0.29) is 11.7 Å². The Morgan fingerprint density at radius 2 is 2.17 bits per heavy atom. The first-order valence-corrected chi connectivity index (χ1v) is 7.92. The molecule has 1 aliphatic rings. The molecule has 1 aromatic carbocycles. The first-order chi connectivity index (χ1) is 11.6. The largest absolute Gasteiger partial charge is 0.497 e. The standard InChI is InChI=1S/C17H21N3O4/c1-23-14-4-2-3-12(7-14)8-15-11-20(5-6-24-15)10-13-9-16(21)19-17(22)18-13/h2-4,7,9,15H,5-6,8,10-11H2,1H3,(H2,18,19,21,22). The Balaban J connectivity index is 1.63. The highest BCUT2D eigenvalue weighted by Gasteiger charge is 2.21. The number of aromatic nitrogens is 2. The van der Waals surface area contributed by atoms with Gasteiger partial charge in [0.2, 0.25) is 0 Å². The van der Waals surface area contributed by atoms with Crippen molar-refractivity contribution in [3.8, 4) is 5.75 Å². The Hall–Kier alpha value is -2.38. The fraction of sp³-hybridized carbons (Fsp3) is 0.412. The zero-order valence-corrected chi connectivity index (χ0v) is 13.6. The molecular weight excluding hydrogens is 310 g/mol. The molecule has 1 atom stereocenters. The number of hydrogen-bond donors (Lipinski definition) is 2. The number of ether oxygens (including phenoxy) is 2. The topological polar surface area (TPSA) is 87.4 Å². The number of H-pyrrole nitrogens is 2. The van der Waals surface area contributed by atoms with E-state index in [0.717, 1.165) is 30.8 Å². The predicted octanol–water partition coefficient (Wildman–Crippen LogP) is 0.515. The van der Waals surface area contributed by atoms with Gasteiger partial charge in [0.1, 0.15) is 5.75 Å². The summed E-state index contributed by atoms with van der Waals surface area (Å²) < 4.78 is 11.1. The van der Waals surface area contributed by atoms with Crippen LogP contribution in [0.15, 0.2) is 39.9 Å². The molecule has 1 fully saturated rings. The van der Waals surface area contributed by atoms with Crippen molar-refractivity contribution in [3.63, 3.8) is 0 Å². The lowest BCUT2D eigenvalue weighted by Gasteiger charge is -2.32. The van der Waals surface area contributed by atoms with E-state index in [0.29, 0.717) is 18.8 Å². The molecule has 0 bridgehead atoms. The number of aromatic amines is 2. The molecule has 1 aliphatic heterocycles. The van der Waals surface area contributed by atoms with Crippen molar-refractivity contribution in [1.29, 1.82) is 0 Å². The van der Waals surface area contributed by atoms with Crippen LogP contribution in [0.1, 0.15) is 11.3 Å². The Kier molecular flexibility index (Phi) is 5.12. The van der Waals surface area contributed by atoms with Crippen LogP contribution < -0.4 is 16.0 Å². The summed E-state index contributed by atoms with van der Waals surface area (Å²) in [6.07, 6.45) is 0.860. The van der Waals surface area contributed by atoms with E-state index in [9.17, 15) is 9.59 Å². The fourth-order valence-electron chi connectivity index (χ4n) is 2.96. The maximum absolute atomic E-state index is 11.4. The molecule has 0 spiro atoms. The third-order valence-electron chi connectivity index (χ3n) is 4.03. The molecule has 0 aliphatic carbocycles. The van der Waals surface area contributed by atoms with Gasteiger partial charge < -0.3 is 14.5 Å². The summed E-state index contributed by atoms with van der Waals surface area (Å²) in [7, 11) is 1.65. The fourth-order valence-corrected chi connectivity index (χ4v) is 2.96. The van der Waals surface area contributed by atoms with Crippen LogP contribution in [0.2, 0.25) is 0 Å². The van der Waals surface area contributed by atoms with E-state index in [1.165, 1.54) is 6.07 Å². The van der Waals surface area contributed by atoms with Gasteiger partial charge in [-0.3, -0.25) is 14.7 Å². The van der Waals surface area contributed by atoms with Crippen LogP contribution in [-0.4, -0.2) is 47.8 Å². The summed E-state index contributed by atoms with van der Waals surface area (Å²) in [5, 5.41) is 0. The van der Waals surface area contributed by atoms with Gasteiger partial charge in [0.15, 0.2) is 0 Å². The maximum atomic E-state index is 11.4. The summed E-state index contributed by atoms with van der Waals surface area (Å²) >= 11 is 0. The van der Waals surface area contributed by atoms with Crippen molar-refractivity contribution in [1.82, 2.24) is 14.9 Å². The van der Waals surface area contributed by atoms with Gasteiger partial charge in [0, 0.05) is 37.8 Å². The molecule has 2 N–H and O–H groups in total. The summed E-state index contributed by atoms with van der Waals surface area (Å²) in [5.74, 6) is 0.834. The van der Waals surface area contributed by atoms with Crippen LogP contribution in [0.3, 0.4) is 0 Å². The van der Waals surface area contributed by atoms with Crippen LogP contribution >= 0.6 is 0 Å². The second-order valence-electron chi connectivity index (χ2n) is 5.90. The monoisotopic (exact) mass is 331 g/mol. The van der Waals surface area contributed by atoms with E-state index in [1.54, 1.807) is 7.11 Å². The van der Waals surface area contributed by atoms with Crippen molar-refractivity contribution < 1.29 is 9.47 Å². The molecule has 3 rings (SSSR count). The highest BCUT2D eigenvalue weighted by molar-refractivity contribution is 5.28. The van der Waals surface area contributed by atoms with Gasteiger partial charge >= 0.3 is 5.69 Å². The molecule has 0 amide bonds. The van der Waals surface area contributed by atoms with Crippen LogP contribution in [0.5, 0.6) is 5.75 Å². The minimum Gasteiger partial charge on any atom is -0.497 e. The number of nitrogens with one attached hydrogen (secondary N) is 2. The zero-order valence-electron chi connectivity index (χ0n) is 13.6. The average molecular weight is 331 g/mol. The lowest BCUT2D eigenvalue weighted by molar-refractivity contribution is -0.0308. The Bertz CT molecular complexity index is 770. The van der Waals surface area contributed by atoms with E-state index in [4.69, 9.17) is 9.47 Å². The first-order valence-electron chi connectivity index (χ1n) is 7.92. The molecular formula is C17H21N3O4. The number of benzene rings is 1. The quantitative estimate of drug-likeness (QED) is 0.834. The van der Waals surface area contributed by atoms with E-state index < -0.39 is 5.69 Å². The molecule has 24 heavy (non-hydrogen) atoms. The van der Waals surface area contributed by atoms with Crippen molar-refractivity contribution in [2.24, 2.45) is 0 Å². The number of hydrogen-bond acceptors (Lipinski definition) is 5. The Morgan fingerprint density at radius 1 is 1.29 bits per heavy atom. The molecule has 7 nitrogen and oxygen atoms in total. The van der Waals surface area contributed by atoms with Crippen LogP contribution in [0, 0.1) is 0 Å². The maximum Gasteiger partial charge on any atom is 0.325 e. The van der Waals surface area contributed by atoms with Gasteiger partial charge in [-0.15, -0.1) is 0 Å². The van der Waals surface area contributed by atoms with Gasteiger partial charge in [-0.05, 0) is 17.7 Å². The molecule has 1 saturated heterocycles. The molecule has 0 saturated carbocycles. The van der Waals surface area contributed by atoms with Gasteiger partial charge in [-0.2, -0.15) is 0 Å². The third-order valence-corrected chi connectivity index (χ3v) is 4.03. The van der Waals surface area contributed by atoms with Crippen molar-refractivity contribution in [3.05, 3.63) is 62.4 Å². The first kappa shape index (κ1) is 16.5. The van der Waals surface area contributed by atoms with E-state index >= 15 is 0 Å². The molecule has 7 heteroatoms. The molecule has 2 heterocycles. The number of morpholine rings is 1. The van der Waals surface area contributed by atoms with Crippen LogP contribution in [0.25, 0.3) is 0 Å². The van der Waals surface area contributed by atoms with Crippen LogP contribution in [0.4, 0.5) is 0 Å². The highest BCUT2D eigenvalue weighted by Crippen LogP contribution is 2.17. The van der Waals surface area contributed by atoms with Crippen molar-refractivity contribution in [2.45, 2.75) is 19.1 Å². The third kappa shape index (κ3) is 4.33. The SMILES string of the molecule is COc1cccc(CC2CN(Cc3cc(=O)[nH]c(=O)[nH]3)CCO2)c1. The van der Waals surface area contributed by atoms with Gasteiger partial charge in [0.05, 0.1) is 19.8 Å². The van der Waals surface area contributed by atoms with Crippen LogP contribution in [-0.2, 0) is 17.7 Å². The van der Waals surface area contributed by atoms with Crippen molar-refractivity contribution in [2.75, 3.05) is 26.8 Å². The summed E-state index contributed by atoms with van der Waals surface area (Å²) in [4.78, 5) is 29.8. The van der Waals surface area contributed by atoms with E-state index in [2.05, 4.69) is 20.9 Å². The number of methoxy groups -OCH3 is 1. The summed E-state index contributed by atoms with van der Waals surface area (Å²) in [6.45, 7) is 2.66. The Labute approximate surface area is 139 Å². The van der Waals surface area contributed by atoms with Crippen molar-refractivity contribution >= 4 is 0 Å². The molecule has 0 radical (unpaired) electrons. The normalized spacial score (nSPS) is 18.5. The van der Waals surface area contributed by atoms with E-state index in [1.807, 2.05) is 18.2 Å². The minimum absolute atomic E-state index is 0.0691. The minimum atomic E-state index is -0.473. The smallest absolute Gasteiger partial charge is 0.325 e. The number of nitrogens with zero attached hydrogens (tertiary/aromatic N) is 1. The lowest BCUT2D eigenvalue weighted by Crippen LogP contribution is -2.43. The lowest BCUT2D eigenvalue weighted by atomic mass is 10.1. The highest BCUT2D eigenvalue weighted by atomic mass is 16.5. The molecule has 1 aromatic heterocycles. The number of rotatable bonds is 5. The van der Waals surface area contributed by atoms with Gasteiger partial charge in [-0.25, -0.2) is 4.79 Å². The molecule has 128 valence electrons.